The van der Waals surface area contributed by atoms with Crippen LogP contribution in [0, 0.1) is 0 Å². The van der Waals surface area contributed by atoms with Gasteiger partial charge in [0.05, 0.1) is 6.10 Å². The molecule has 11 heavy (non-hydrogen) atoms. The second-order valence-corrected chi connectivity index (χ2v) is 2.83. The maximum absolute atomic E-state index is 10.4. The third-order valence-electron chi connectivity index (χ3n) is 2.03. The molecule has 0 radical (unpaired) electrons. The molecule has 0 spiro atoms. The van der Waals surface area contributed by atoms with Crippen LogP contribution in [0.15, 0.2) is 11.6 Å². The van der Waals surface area contributed by atoms with E-state index in [0.717, 1.165) is 0 Å². The fourth-order valence-corrected chi connectivity index (χ4v) is 1.37. The van der Waals surface area contributed by atoms with Crippen LogP contribution in [0.25, 0.3) is 0 Å². The van der Waals surface area contributed by atoms with Gasteiger partial charge in [0.25, 0.3) is 0 Å². The summed E-state index contributed by atoms with van der Waals surface area (Å²) in [6.45, 7) is 0. The largest absolute Gasteiger partial charge is 0.478 e. The predicted molar refractivity (Wildman–Crippen MR) is 35.0 cm³/mol. The minimum Gasteiger partial charge on any atom is -0.478 e. The number of hydrogen-bond donors (Lipinski definition) is 2. The van der Waals surface area contributed by atoms with Crippen molar-refractivity contribution in [3.8, 4) is 0 Å². The molecule has 1 saturated heterocycles. The second-order valence-electron chi connectivity index (χ2n) is 2.83. The van der Waals surface area contributed by atoms with Crippen molar-refractivity contribution < 1.29 is 19.7 Å². The van der Waals surface area contributed by atoms with Crippen molar-refractivity contribution in [3.05, 3.63) is 11.6 Å². The number of carboxylic acids is 1. The molecule has 4 nitrogen and oxygen atoms in total. The average Bonchev–Trinajstić information content (AvgIpc) is 2.66. The van der Waals surface area contributed by atoms with Crippen molar-refractivity contribution in [1.82, 2.24) is 0 Å². The zero-order valence-electron chi connectivity index (χ0n) is 5.73. The minimum atomic E-state index is -0.960. The highest BCUT2D eigenvalue weighted by atomic mass is 16.6. The van der Waals surface area contributed by atoms with Gasteiger partial charge in [-0.1, -0.05) is 0 Å². The van der Waals surface area contributed by atoms with Crippen molar-refractivity contribution in [2.75, 3.05) is 0 Å². The van der Waals surface area contributed by atoms with Crippen LogP contribution >= 0.6 is 0 Å². The van der Waals surface area contributed by atoms with Crippen LogP contribution in [-0.2, 0) is 9.53 Å². The Morgan fingerprint density at radius 2 is 2.45 bits per heavy atom. The smallest absolute Gasteiger partial charge is 0.331 e. The van der Waals surface area contributed by atoms with Crippen molar-refractivity contribution >= 4 is 5.97 Å². The Morgan fingerprint density at radius 1 is 1.73 bits per heavy atom. The molecule has 2 rings (SSSR count). The van der Waals surface area contributed by atoms with Gasteiger partial charge < -0.3 is 14.9 Å². The molecule has 1 aliphatic heterocycles. The predicted octanol–water partition coefficient (Wildman–Crippen LogP) is -0.471. The lowest BCUT2D eigenvalue weighted by Crippen LogP contribution is -2.22. The number of aliphatic hydroxyl groups is 1. The quantitative estimate of drug-likeness (QED) is 0.503. The van der Waals surface area contributed by atoms with Crippen molar-refractivity contribution in [2.24, 2.45) is 0 Å². The first-order chi connectivity index (χ1) is 5.18. The summed E-state index contributed by atoms with van der Waals surface area (Å²) < 4.78 is 5.01. The number of carboxylic acid groups (broad SMARTS) is 1. The molecule has 1 aliphatic carbocycles. The monoisotopic (exact) mass is 156 g/mol. The normalized spacial score (nSPS) is 40.8. The van der Waals surface area contributed by atoms with Gasteiger partial charge in [0, 0.05) is 12.0 Å². The van der Waals surface area contributed by atoms with Crippen molar-refractivity contribution in [2.45, 2.75) is 24.7 Å². The lowest BCUT2D eigenvalue weighted by molar-refractivity contribution is -0.133. The molecule has 2 N–H and O–H groups in total. The molecule has 3 atom stereocenters. The Labute approximate surface area is 63.1 Å². The molecule has 2 aliphatic rings. The SMILES string of the molecule is O=C(O)C1=C[C@@H](O)[C@H]2O[C@@H]2C1. The topological polar surface area (TPSA) is 70.1 Å². The first kappa shape index (κ1) is 6.82. The van der Waals surface area contributed by atoms with Gasteiger partial charge in [0.1, 0.15) is 12.2 Å². The van der Waals surface area contributed by atoms with Crippen LogP contribution in [0.4, 0.5) is 0 Å². The first-order valence-corrected chi connectivity index (χ1v) is 3.46. The van der Waals surface area contributed by atoms with E-state index in [9.17, 15) is 9.90 Å². The molecular formula is C7H8O4. The Kier molecular flexibility index (Phi) is 1.27. The Balaban J connectivity index is 2.17. The summed E-state index contributed by atoms with van der Waals surface area (Å²) in [5, 5.41) is 17.7. The minimum absolute atomic E-state index is 0.0545. The average molecular weight is 156 g/mol. The van der Waals surface area contributed by atoms with E-state index in [2.05, 4.69) is 0 Å². The molecule has 0 saturated carbocycles. The highest BCUT2D eigenvalue weighted by Crippen LogP contribution is 2.36. The third-order valence-corrected chi connectivity index (χ3v) is 2.03. The fraction of sp³-hybridized carbons (Fsp3) is 0.571. The lowest BCUT2D eigenvalue weighted by atomic mass is 9.98. The zero-order chi connectivity index (χ0) is 8.01. The number of aliphatic carboxylic acids is 1. The number of epoxide rings is 1. The zero-order valence-corrected chi connectivity index (χ0v) is 5.73. The van der Waals surface area contributed by atoms with E-state index >= 15 is 0 Å². The highest BCUT2D eigenvalue weighted by Gasteiger charge is 2.47. The number of aliphatic hydroxyl groups excluding tert-OH is 1. The Bertz CT molecular complexity index is 233. The number of ether oxygens (including phenoxy) is 1. The molecule has 1 fully saturated rings. The summed E-state index contributed by atoms with van der Waals surface area (Å²) >= 11 is 0. The summed E-state index contributed by atoms with van der Waals surface area (Å²) in [6.07, 6.45) is 0.868. The first-order valence-electron chi connectivity index (χ1n) is 3.46. The van der Waals surface area contributed by atoms with Crippen LogP contribution in [0.5, 0.6) is 0 Å². The van der Waals surface area contributed by atoms with Gasteiger partial charge >= 0.3 is 5.97 Å². The maximum Gasteiger partial charge on any atom is 0.331 e. The molecule has 4 heteroatoms. The molecule has 60 valence electrons. The number of rotatable bonds is 1. The Hall–Kier alpha value is -0.870. The van der Waals surface area contributed by atoms with Crippen LogP contribution in [0.3, 0.4) is 0 Å². The van der Waals surface area contributed by atoms with Crippen LogP contribution in [0.2, 0.25) is 0 Å². The molecule has 0 bridgehead atoms. The van der Waals surface area contributed by atoms with Gasteiger partial charge in [0.15, 0.2) is 0 Å². The number of carbonyl (C=O) groups is 1. The maximum atomic E-state index is 10.4. The van der Waals surface area contributed by atoms with Gasteiger partial charge in [-0.05, 0) is 6.08 Å². The van der Waals surface area contributed by atoms with Gasteiger partial charge in [0.2, 0.25) is 0 Å². The van der Waals surface area contributed by atoms with Crippen LogP contribution < -0.4 is 0 Å². The summed E-state index contributed by atoms with van der Waals surface area (Å²) in [7, 11) is 0. The van der Waals surface area contributed by atoms with E-state index in [4.69, 9.17) is 9.84 Å². The molecule has 0 amide bonds. The van der Waals surface area contributed by atoms with Gasteiger partial charge in [-0.25, -0.2) is 4.79 Å². The molecule has 0 aromatic rings. The highest BCUT2D eigenvalue weighted by molar-refractivity contribution is 5.87. The van der Waals surface area contributed by atoms with E-state index in [1.165, 1.54) is 6.08 Å². The Morgan fingerprint density at radius 3 is 3.00 bits per heavy atom. The number of fused-ring (bicyclic) bond motifs is 1. The third kappa shape index (κ3) is 1.04. The molecule has 0 aromatic heterocycles. The summed E-state index contributed by atoms with van der Waals surface area (Å²) in [5.41, 5.74) is 0.260. The molecule has 0 aromatic carbocycles. The summed E-state index contributed by atoms with van der Waals surface area (Å²) in [5.74, 6) is -0.960. The van der Waals surface area contributed by atoms with Crippen LogP contribution in [0.1, 0.15) is 6.42 Å². The van der Waals surface area contributed by atoms with E-state index in [0.29, 0.717) is 6.42 Å². The van der Waals surface area contributed by atoms with E-state index in [1.807, 2.05) is 0 Å². The van der Waals surface area contributed by atoms with Crippen molar-refractivity contribution in [1.29, 1.82) is 0 Å². The molecule has 0 unspecified atom stereocenters. The molecule has 1 heterocycles. The summed E-state index contributed by atoms with van der Waals surface area (Å²) in [4.78, 5) is 10.4. The standard InChI is InChI=1S/C7H8O4/c8-4-1-3(7(9)10)2-5-6(4)11-5/h1,4-6,8H,2H2,(H,9,10)/t4-,5-,6-/m1/s1. The van der Waals surface area contributed by atoms with Crippen molar-refractivity contribution in [3.63, 3.8) is 0 Å². The van der Waals surface area contributed by atoms with Gasteiger partial charge in [-0.15, -0.1) is 0 Å². The fourth-order valence-electron chi connectivity index (χ4n) is 1.37. The van der Waals surface area contributed by atoms with E-state index in [1.54, 1.807) is 0 Å². The lowest BCUT2D eigenvalue weighted by Gasteiger charge is -2.08. The van der Waals surface area contributed by atoms with E-state index in [-0.39, 0.29) is 17.8 Å². The molecular weight excluding hydrogens is 148 g/mol. The second kappa shape index (κ2) is 2.06. The summed E-state index contributed by atoms with van der Waals surface area (Å²) in [6, 6.07) is 0. The van der Waals surface area contributed by atoms with E-state index < -0.39 is 12.1 Å². The van der Waals surface area contributed by atoms with Gasteiger partial charge in [-0.2, -0.15) is 0 Å². The van der Waals surface area contributed by atoms with Crippen LogP contribution in [-0.4, -0.2) is 34.5 Å². The number of hydrogen-bond acceptors (Lipinski definition) is 3. The van der Waals surface area contributed by atoms with Gasteiger partial charge in [-0.3, -0.25) is 0 Å².